The summed E-state index contributed by atoms with van der Waals surface area (Å²) in [6, 6.07) is 35.2. The molecule has 31 heavy (non-hydrogen) atoms. The zero-order chi connectivity index (χ0) is 21.6. The Kier molecular flexibility index (Phi) is 6.52. The predicted octanol–water partition coefficient (Wildman–Crippen LogP) is 8.26. The van der Waals surface area contributed by atoms with Crippen LogP contribution in [0.5, 0.6) is 0 Å². The Balaban J connectivity index is 1.58. The maximum atomic E-state index is 2.35. The van der Waals surface area contributed by atoms with Crippen molar-refractivity contribution in [3.63, 3.8) is 0 Å². The van der Waals surface area contributed by atoms with E-state index in [0.717, 1.165) is 12.8 Å². The van der Waals surface area contributed by atoms with Crippen LogP contribution in [0, 0.1) is 20.8 Å². The van der Waals surface area contributed by atoms with Crippen LogP contribution in [0.15, 0.2) is 97.1 Å². The number of aryl methyl sites for hydroxylation is 5. The zero-order valence-corrected chi connectivity index (χ0v) is 18.8. The number of hydrogen-bond donors (Lipinski definition) is 0. The second-order valence-electron chi connectivity index (χ2n) is 8.46. The minimum Gasteiger partial charge on any atom is -0.310 e. The molecule has 0 aliphatic rings. The van der Waals surface area contributed by atoms with Crippen molar-refractivity contribution in [2.24, 2.45) is 0 Å². The molecule has 0 spiro atoms. The van der Waals surface area contributed by atoms with E-state index in [-0.39, 0.29) is 0 Å². The topological polar surface area (TPSA) is 3.24 Å². The molecular formula is C30H31N. The molecule has 4 aromatic carbocycles. The lowest BCUT2D eigenvalue weighted by atomic mass is 9.99. The lowest BCUT2D eigenvalue weighted by Gasteiger charge is -2.26. The third-order valence-corrected chi connectivity index (χ3v) is 5.92. The summed E-state index contributed by atoms with van der Waals surface area (Å²) >= 11 is 0. The highest BCUT2D eigenvalue weighted by atomic mass is 15.1. The predicted molar refractivity (Wildman–Crippen MR) is 134 cm³/mol. The molecule has 0 saturated heterocycles. The summed E-state index contributed by atoms with van der Waals surface area (Å²) in [5.74, 6) is 0. The average Bonchev–Trinajstić information content (AvgIpc) is 2.79. The van der Waals surface area contributed by atoms with Gasteiger partial charge in [0, 0.05) is 17.1 Å². The van der Waals surface area contributed by atoms with Gasteiger partial charge in [0.2, 0.25) is 0 Å². The van der Waals surface area contributed by atoms with Gasteiger partial charge in [-0.2, -0.15) is 0 Å². The summed E-state index contributed by atoms with van der Waals surface area (Å²) in [5.41, 5.74) is 10.3. The first-order chi connectivity index (χ1) is 15.1. The Labute approximate surface area is 187 Å². The maximum absolute atomic E-state index is 2.35. The summed E-state index contributed by atoms with van der Waals surface area (Å²) in [7, 11) is 0. The molecule has 0 N–H and O–H groups in total. The fraction of sp³-hybridized carbons (Fsp3) is 0.200. The molecule has 0 aliphatic heterocycles. The van der Waals surface area contributed by atoms with Gasteiger partial charge in [0.15, 0.2) is 0 Å². The monoisotopic (exact) mass is 405 g/mol. The van der Waals surface area contributed by atoms with Gasteiger partial charge in [-0.25, -0.2) is 0 Å². The minimum atomic E-state index is 1.11. The third-order valence-electron chi connectivity index (χ3n) is 5.92. The van der Waals surface area contributed by atoms with Gasteiger partial charge >= 0.3 is 0 Å². The molecule has 0 saturated carbocycles. The Bertz CT molecular complexity index is 1060. The number of hydrogen-bond acceptors (Lipinski definition) is 1. The van der Waals surface area contributed by atoms with Crippen molar-refractivity contribution < 1.29 is 0 Å². The van der Waals surface area contributed by atoms with Gasteiger partial charge in [0.1, 0.15) is 0 Å². The molecule has 0 atom stereocenters. The van der Waals surface area contributed by atoms with Crippen molar-refractivity contribution in [3.8, 4) is 0 Å². The summed E-state index contributed by atoms with van der Waals surface area (Å²) < 4.78 is 0. The van der Waals surface area contributed by atoms with Crippen molar-refractivity contribution in [3.05, 3.63) is 125 Å². The lowest BCUT2D eigenvalue weighted by molar-refractivity contribution is 0.816. The van der Waals surface area contributed by atoms with Crippen LogP contribution in [0.2, 0.25) is 0 Å². The van der Waals surface area contributed by atoms with Crippen LogP contribution in [-0.2, 0) is 12.8 Å². The van der Waals surface area contributed by atoms with Crippen molar-refractivity contribution in [1.29, 1.82) is 0 Å². The maximum Gasteiger partial charge on any atom is 0.0464 e. The molecule has 0 heterocycles. The first kappa shape index (κ1) is 20.9. The summed E-state index contributed by atoms with van der Waals surface area (Å²) in [6.07, 6.45) is 3.40. The van der Waals surface area contributed by atoms with Crippen LogP contribution in [0.3, 0.4) is 0 Å². The van der Waals surface area contributed by atoms with Gasteiger partial charge in [-0.15, -0.1) is 0 Å². The van der Waals surface area contributed by atoms with Crippen LogP contribution in [0.1, 0.15) is 34.2 Å². The smallest absolute Gasteiger partial charge is 0.0464 e. The Morgan fingerprint density at radius 1 is 0.548 bits per heavy atom. The first-order valence-corrected chi connectivity index (χ1v) is 11.2. The van der Waals surface area contributed by atoms with E-state index < -0.39 is 0 Å². The van der Waals surface area contributed by atoms with Crippen molar-refractivity contribution >= 4 is 17.1 Å². The van der Waals surface area contributed by atoms with E-state index in [1.807, 2.05) is 0 Å². The minimum absolute atomic E-state index is 1.11. The van der Waals surface area contributed by atoms with Gasteiger partial charge in [0.25, 0.3) is 0 Å². The van der Waals surface area contributed by atoms with Crippen LogP contribution < -0.4 is 4.90 Å². The quantitative estimate of drug-likeness (QED) is 0.299. The lowest BCUT2D eigenvalue weighted by Crippen LogP contribution is -2.10. The summed E-state index contributed by atoms with van der Waals surface area (Å²) in [4.78, 5) is 2.35. The van der Waals surface area contributed by atoms with E-state index in [2.05, 4.69) is 123 Å². The molecule has 1 nitrogen and oxygen atoms in total. The van der Waals surface area contributed by atoms with Crippen LogP contribution in [-0.4, -0.2) is 0 Å². The summed E-state index contributed by atoms with van der Waals surface area (Å²) in [5, 5.41) is 0. The Morgan fingerprint density at radius 3 is 1.65 bits per heavy atom. The van der Waals surface area contributed by atoms with Gasteiger partial charge in [0.05, 0.1) is 0 Å². The molecule has 1 heteroatoms. The standard InChI is InChI=1S/C30H31N/c1-23-12-17-28(18-13-23)31(29-19-14-24(2)15-20-29)30-21-16-27(25(3)22-30)11-7-10-26-8-5-4-6-9-26/h4-6,8-9,12-22H,7,10-11H2,1-3H3. The number of nitrogens with zero attached hydrogens (tertiary/aromatic N) is 1. The van der Waals surface area contributed by atoms with Gasteiger partial charge in [-0.3, -0.25) is 0 Å². The van der Waals surface area contributed by atoms with E-state index in [0.29, 0.717) is 0 Å². The van der Waals surface area contributed by atoms with Gasteiger partial charge in [-0.05, 0) is 93.1 Å². The molecule has 4 rings (SSSR count). The molecule has 0 aromatic heterocycles. The van der Waals surface area contributed by atoms with Crippen molar-refractivity contribution in [2.45, 2.75) is 40.0 Å². The normalized spacial score (nSPS) is 10.8. The Morgan fingerprint density at radius 2 is 1.10 bits per heavy atom. The largest absolute Gasteiger partial charge is 0.310 e. The van der Waals surface area contributed by atoms with E-state index in [9.17, 15) is 0 Å². The fourth-order valence-corrected chi connectivity index (χ4v) is 4.06. The van der Waals surface area contributed by atoms with E-state index in [1.54, 1.807) is 0 Å². The molecule has 0 amide bonds. The van der Waals surface area contributed by atoms with E-state index >= 15 is 0 Å². The molecule has 0 unspecified atom stereocenters. The third kappa shape index (κ3) is 5.24. The van der Waals surface area contributed by atoms with Gasteiger partial charge in [-0.1, -0.05) is 71.8 Å². The van der Waals surface area contributed by atoms with E-state index in [1.165, 1.54) is 51.3 Å². The first-order valence-electron chi connectivity index (χ1n) is 11.2. The van der Waals surface area contributed by atoms with Gasteiger partial charge < -0.3 is 4.90 Å². The highest BCUT2D eigenvalue weighted by molar-refractivity contribution is 5.77. The van der Waals surface area contributed by atoms with Crippen LogP contribution >= 0.6 is 0 Å². The summed E-state index contributed by atoms with van der Waals surface area (Å²) in [6.45, 7) is 6.51. The molecule has 0 fully saturated rings. The highest BCUT2D eigenvalue weighted by Crippen LogP contribution is 2.35. The average molecular weight is 406 g/mol. The molecule has 156 valence electrons. The highest BCUT2D eigenvalue weighted by Gasteiger charge is 2.13. The second kappa shape index (κ2) is 9.66. The van der Waals surface area contributed by atoms with Crippen molar-refractivity contribution in [2.75, 3.05) is 4.90 Å². The molecule has 0 radical (unpaired) electrons. The molecule has 0 aliphatic carbocycles. The van der Waals surface area contributed by atoms with E-state index in [4.69, 9.17) is 0 Å². The zero-order valence-electron chi connectivity index (χ0n) is 18.8. The second-order valence-corrected chi connectivity index (χ2v) is 8.46. The fourth-order valence-electron chi connectivity index (χ4n) is 4.06. The van der Waals surface area contributed by atoms with Crippen LogP contribution in [0.4, 0.5) is 17.1 Å². The SMILES string of the molecule is Cc1ccc(N(c2ccc(C)cc2)c2ccc(CCCc3ccccc3)c(C)c2)cc1. The van der Waals surface area contributed by atoms with Crippen LogP contribution in [0.25, 0.3) is 0 Å². The molecule has 4 aromatic rings. The van der Waals surface area contributed by atoms with Crippen molar-refractivity contribution in [1.82, 2.24) is 0 Å². The number of benzene rings is 4. The number of anilines is 3. The number of rotatable bonds is 7. The Hall–Kier alpha value is -3.32. The molecule has 0 bridgehead atoms. The molecular weight excluding hydrogens is 374 g/mol.